The molecule has 0 aliphatic heterocycles. The van der Waals surface area contributed by atoms with E-state index in [0.717, 1.165) is 6.54 Å². The SMILES string of the molecule is CC(NCc1csc(Br)c1)c1ccsc1. The first-order chi connectivity index (χ1) is 7.25. The van der Waals surface area contributed by atoms with E-state index < -0.39 is 0 Å². The van der Waals surface area contributed by atoms with Crippen LogP contribution in [-0.2, 0) is 6.54 Å². The Morgan fingerprint density at radius 1 is 1.47 bits per heavy atom. The normalized spacial score (nSPS) is 12.9. The topological polar surface area (TPSA) is 12.0 Å². The minimum Gasteiger partial charge on any atom is -0.306 e. The molecule has 15 heavy (non-hydrogen) atoms. The van der Waals surface area contributed by atoms with Crippen molar-refractivity contribution >= 4 is 38.6 Å². The summed E-state index contributed by atoms with van der Waals surface area (Å²) in [5, 5.41) is 10.0. The Bertz CT molecular complexity index is 408. The minimum absolute atomic E-state index is 0.426. The van der Waals surface area contributed by atoms with Crippen molar-refractivity contribution in [3.63, 3.8) is 0 Å². The molecular formula is C11H12BrNS2. The van der Waals surface area contributed by atoms with E-state index in [2.05, 4.69) is 56.4 Å². The third-order valence-electron chi connectivity index (χ3n) is 2.28. The van der Waals surface area contributed by atoms with Gasteiger partial charge in [0.1, 0.15) is 0 Å². The predicted molar refractivity (Wildman–Crippen MR) is 71.6 cm³/mol. The fraction of sp³-hybridized carbons (Fsp3) is 0.273. The van der Waals surface area contributed by atoms with E-state index in [-0.39, 0.29) is 0 Å². The number of halogens is 1. The molecular weight excluding hydrogens is 290 g/mol. The second-order valence-electron chi connectivity index (χ2n) is 3.42. The van der Waals surface area contributed by atoms with Gasteiger partial charge in [-0.1, -0.05) is 0 Å². The fourth-order valence-corrected chi connectivity index (χ4v) is 3.31. The summed E-state index contributed by atoms with van der Waals surface area (Å²) in [6.07, 6.45) is 0. The summed E-state index contributed by atoms with van der Waals surface area (Å²) in [6.45, 7) is 3.13. The van der Waals surface area contributed by atoms with Crippen molar-refractivity contribution in [2.75, 3.05) is 0 Å². The van der Waals surface area contributed by atoms with Crippen LogP contribution in [0.2, 0.25) is 0 Å². The Morgan fingerprint density at radius 2 is 2.33 bits per heavy atom. The summed E-state index contributed by atoms with van der Waals surface area (Å²) < 4.78 is 1.20. The second kappa shape index (κ2) is 5.25. The largest absolute Gasteiger partial charge is 0.306 e. The molecule has 1 atom stereocenters. The lowest BCUT2D eigenvalue weighted by atomic mass is 10.2. The van der Waals surface area contributed by atoms with Crippen molar-refractivity contribution < 1.29 is 0 Å². The standard InChI is InChI=1S/C11H12BrNS2/c1-8(10-2-3-14-7-10)13-5-9-4-11(12)15-6-9/h2-4,6-8,13H,5H2,1H3. The van der Waals surface area contributed by atoms with E-state index in [1.807, 2.05) is 0 Å². The zero-order valence-electron chi connectivity index (χ0n) is 8.37. The highest BCUT2D eigenvalue weighted by molar-refractivity contribution is 9.11. The summed E-state index contributed by atoms with van der Waals surface area (Å²) in [7, 11) is 0. The number of rotatable bonds is 4. The maximum atomic E-state index is 3.51. The van der Waals surface area contributed by atoms with Gasteiger partial charge in [-0.2, -0.15) is 11.3 Å². The van der Waals surface area contributed by atoms with Gasteiger partial charge in [0.05, 0.1) is 3.79 Å². The molecule has 2 aromatic heterocycles. The highest BCUT2D eigenvalue weighted by atomic mass is 79.9. The van der Waals surface area contributed by atoms with Gasteiger partial charge in [0.2, 0.25) is 0 Å². The summed E-state index contributed by atoms with van der Waals surface area (Å²) in [5.74, 6) is 0. The molecule has 0 aromatic carbocycles. The first kappa shape index (κ1) is 11.3. The highest BCUT2D eigenvalue weighted by Crippen LogP contribution is 2.21. The van der Waals surface area contributed by atoms with Gasteiger partial charge in [0.25, 0.3) is 0 Å². The molecule has 1 N–H and O–H groups in total. The van der Waals surface area contributed by atoms with E-state index in [4.69, 9.17) is 0 Å². The van der Waals surface area contributed by atoms with Crippen LogP contribution >= 0.6 is 38.6 Å². The average Bonchev–Trinajstić information content (AvgIpc) is 2.84. The molecule has 0 saturated heterocycles. The van der Waals surface area contributed by atoms with E-state index in [1.165, 1.54) is 14.9 Å². The molecule has 0 amide bonds. The second-order valence-corrected chi connectivity index (χ2v) is 6.49. The summed E-state index contributed by atoms with van der Waals surface area (Å²) >= 11 is 6.95. The monoisotopic (exact) mass is 301 g/mol. The molecule has 1 unspecified atom stereocenters. The van der Waals surface area contributed by atoms with Crippen LogP contribution in [0.3, 0.4) is 0 Å². The molecule has 0 saturated carbocycles. The number of hydrogen-bond acceptors (Lipinski definition) is 3. The van der Waals surface area contributed by atoms with Crippen LogP contribution in [0.25, 0.3) is 0 Å². The molecule has 80 valence electrons. The Kier molecular flexibility index (Phi) is 3.97. The van der Waals surface area contributed by atoms with Crippen LogP contribution in [0, 0.1) is 0 Å². The molecule has 0 radical (unpaired) electrons. The smallest absolute Gasteiger partial charge is 0.0701 e. The minimum atomic E-state index is 0.426. The van der Waals surface area contributed by atoms with Crippen LogP contribution in [0.4, 0.5) is 0 Å². The lowest BCUT2D eigenvalue weighted by molar-refractivity contribution is 0.577. The van der Waals surface area contributed by atoms with Crippen LogP contribution in [-0.4, -0.2) is 0 Å². The fourth-order valence-electron chi connectivity index (χ4n) is 1.35. The van der Waals surface area contributed by atoms with Gasteiger partial charge in [-0.3, -0.25) is 0 Å². The maximum Gasteiger partial charge on any atom is 0.0701 e. The van der Waals surface area contributed by atoms with Crippen molar-refractivity contribution in [2.45, 2.75) is 19.5 Å². The van der Waals surface area contributed by atoms with Crippen molar-refractivity contribution in [2.24, 2.45) is 0 Å². The quantitative estimate of drug-likeness (QED) is 0.881. The molecule has 0 aliphatic rings. The molecule has 0 fully saturated rings. The van der Waals surface area contributed by atoms with Crippen molar-refractivity contribution in [1.82, 2.24) is 5.32 Å². The van der Waals surface area contributed by atoms with E-state index >= 15 is 0 Å². The summed E-state index contributed by atoms with van der Waals surface area (Å²) in [5.41, 5.74) is 2.71. The molecule has 0 aliphatic carbocycles. The average molecular weight is 302 g/mol. The molecule has 1 nitrogen and oxygen atoms in total. The molecule has 4 heteroatoms. The van der Waals surface area contributed by atoms with Gasteiger partial charge >= 0.3 is 0 Å². The maximum absolute atomic E-state index is 3.51. The summed E-state index contributed by atoms with van der Waals surface area (Å²) in [4.78, 5) is 0. The Labute approximate surface area is 106 Å². The Hall–Kier alpha value is -0.160. The zero-order chi connectivity index (χ0) is 10.7. The Balaban J connectivity index is 1.88. The third kappa shape index (κ3) is 3.14. The van der Waals surface area contributed by atoms with Crippen molar-refractivity contribution in [1.29, 1.82) is 0 Å². The van der Waals surface area contributed by atoms with Crippen LogP contribution in [0.1, 0.15) is 24.1 Å². The lowest BCUT2D eigenvalue weighted by Gasteiger charge is -2.11. The molecule has 0 spiro atoms. The van der Waals surface area contributed by atoms with Gasteiger partial charge in [-0.25, -0.2) is 0 Å². The lowest BCUT2D eigenvalue weighted by Crippen LogP contribution is -2.17. The molecule has 0 bridgehead atoms. The van der Waals surface area contributed by atoms with Crippen LogP contribution in [0.5, 0.6) is 0 Å². The van der Waals surface area contributed by atoms with Gasteiger partial charge in [0, 0.05) is 12.6 Å². The van der Waals surface area contributed by atoms with Gasteiger partial charge < -0.3 is 5.32 Å². The van der Waals surface area contributed by atoms with Crippen molar-refractivity contribution in [3.8, 4) is 0 Å². The Morgan fingerprint density at radius 3 is 2.93 bits per heavy atom. The first-order valence-electron chi connectivity index (χ1n) is 4.74. The molecule has 2 heterocycles. The number of hydrogen-bond donors (Lipinski definition) is 1. The van der Waals surface area contributed by atoms with Crippen LogP contribution in [0.15, 0.2) is 32.1 Å². The summed E-state index contributed by atoms with van der Waals surface area (Å²) in [6, 6.07) is 4.76. The third-order valence-corrected chi connectivity index (χ3v) is 4.53. The van der Waals surface area contributed by atoms with Gasteiger partial charge in [-0.05, 0) is 62.3 Å². The highest BCUT2D eigenvalue weighted by Gasteiger charge is 2.05. The van der Waals surface area contributed by atoms with E-state index in [1.54, 1.807) is 22.7 Å². The molecule has 2 aromatic rings. The first-order valence-corrected chi connectivity index (χ1v) is 7.35. The van der Waals surface area contributed by atoms with E-state index in [9.17, 15) is 0 Å². The molecule has 2 rings (SSSR count). The predicted octanol–water partition coefficient (Wildman–Crippen LogP) is 4.42. The van der Waals surface area contributed by atoms with Crippen LogP contribution < -0.4 is 5.32 Å². The van der Waals surface area contributed by atoms with Crippen molar-refractivity contribution in [3.05, 3.63) is 43.2 Å². The van der Waals surface area contributed by atoms with E-state index in [0.29, 0.717) is 6.04 Å². The van der Waals surface area contributed by atoms with Gasteiger partial charge in [0.15, 0.2) is 0 Å². The number of nitrogens with one attached hydrogen (secondary N) is 1. The van der Waals surface area contributed by atoms with Gasteiger partial charge in [-0.15, -0.1) is 11.3 Å². The number of thiophene rings is 2. The zero-order valence-corrected chi connectivity index (χ0v) is 11.6.